The molecule has 1 aromatic rings. The van der Waals surface area contributed by atoms with E-state index in [1.807, 2.05) is 12.3 Å². The van der Waals surface area contributed by atoms with E-state index >= 15 is 0 Å². The zero-order chi connectivity index (χ0) is 12.4. The third-order valence-electron chi connectivity index (χ3n) is 3.54. The maximum absolute atomic E-state index is 4.51. The molecule has 2 nitrogen and oxygen atoms in total. The normalized spacial score (nSPS) is 24.7. The molecule has 2 atom stereocenters. The van der Waals surface area contributed by atoms with Gasteiger partial charge in [0.25, 0.3) is 0 Å². The maximum atomic E-state index is 4.51. The lowest BCUT2D eigenvalue weighted by molar-refractivity contribution is 0.442. The molecule has 1 aliphatic rings. The highest BCUT2D eigenvalue weighted by Gasteiger charge is 2.28. The van der Waals surface area contributed by atoms with Crippen LogP contribution in [0.25, 0.3) is 0 Å². The van der Waals surface area contributed by atoms with Gasteiger partial charge in [0.1, 0.15) is 5.82 Å². The van der Waals surface area contributed by atoms with Gasteiger partial charge >= 0.3 is 0 Å². The van der Waals surface area contributed by atoms with Crippen molar-refractivity contribution in [3.8, 4) is 0 Å². The van der Waals surface area contributed by atoms with Crippen LogP contribution < -0.4 is 4.90 Å². The lowest BCUT2D eigenvalue weighted by Crippen LogP contribution is -2.41. The van der Waals surface area contributed by atoms with Crippen LogP contribution >= 0.6 is 31.9 Å². The standard InChI is InChI=1S/C13H18Br2N2/c1-9-7-8-16-13(12(9)15)17(2)11-6-4-3-5-10(11)14/h7-8,10-11H,3-6H2,1-2H3. The maximum Gasteiger partial charge on any atom is 0.143 e. The van der Waals surface area contributed by atoms with Crippen molar-refractivity contribution >= 4 is 37.7 Å². The number of hydrogen-bond acceptors (Lipinski definition) is 2. The molecule has 0 bridgehead atoms. The van der Waals surface area contributed by atoms with Crippen molar-refractivity contribution < 1.29 is 0 Å². The molecule has 17 heavy (non-hydrogen) atoms. The van der Waals surface area contributed by atoms with E-state index < -0.39 is 0 Å². The minimum absolute atomic E-state index is 0.550. The van der Waals surface area contributed by atoms with Crippen LogP contribution in [0, 0.1) is 6.92 Å². The molecule has 0 aromatic carbocycles. The van der Waals surface area contributed by atoms with E-state index in [0.29, 0.717) is 10.9 Å². The summed E-state index contributed by atoms with van der Waals surface area (Å²) < 4.78 is 1.12. The second kappa shape index (κ2) is 5.70. The Kier molecular flexibility index (Phi) is 4.47. The first-order valence-electron chi connectivity index (χ1n) is 6.09. The summed E-state index contributed by atoms with van der Waals surface area (Å²) in [6.45, 7) is 2.11. The Labute approximate surface area is 120 Å². The van der Waals surface area contributed by atoms with Crippen LogP contribution in [0.3, 0.4) is 0 Å². The number of alkyl halides is 1. The highest BCUT2D eigenvalue weighted by atomic mass is 79.9. The third kappa shape index (κ3) is 2.84. The van der Waals surface area contributed by atoms with E-state index in [2.05, 4.69) is 55.7 Å². The molecule has 0 amide bonds. The molecule has 2 rings (SSSR count). The summed E-state index contributed by atoms with van der Waals surface area (Å²) >= 11 is 7.46. The Bertz CT molecular complexity index is 395. The second-order valence-electron chi connectivity index (χ2n) is 4.74. The Hall–Kier alpha value is -0.0900. The number of aromatic nitrogens is 1. The summed E-state index contributed by atoms with van der Waals surface area (Å²) in [4.78, 5) is 7.40. The van der Waals surface area contributed by atoms with Crippen LogP contribution in [-0.4, -0.2) is 22.9 Å². The topological polar surface area (TPSA) is 16.1 Å². The number of rotatable bonds is 2. The van der Waals surface area contributed by atoms with Crippen LogP contribution in [-0.2, 0) is 0 Å². The van der Waals surface area contributed by atoms with E-state index in [9.17, 15) is 0 Å². The van der Waals surface area contributed by atoms with Crippen LogP contribution in [0.5, 0.6) is 0 Å². The van der Waals surface area contributed by atoms with Gasteiger partial charge < -0.3 is 4.90 Å². The van der Waals surface area contributed by atoms with Crippen molar-refractivity contribution in [1.29, 1.82) is 0 Å². The van der Waals surface area contributed by atoms with Crippen LogP contribution in [0.4, 0.5) is 5.82 Å². The number of anilines is 1. The van der Waals surface area contributed by atoms with Gasteiger partial charge in [-0.05, 0) is 47.3 Å². The molecular weight excluding hydrogens is 344 g/mol. The van der Waals surface area contributed by atoms with E-state index in [1.165, 1.54) is 31.2 Å². The van der Waals surface area contributed by atoms with E-state index in [4.69, 9.17) is 0 Å². The van der Waals surface area contributed by atoms with Gasteiger partial charge in [-0.25, -0.2) is 4.98 Å². The first-order chi connectivity index (χ1) is 8.11. The first-order valence-corrected chi connectivity index (χ1v) is 7.80. The Balaban J connectivity index is 2.23. The first kappa shape index (κ1) is 13.3. The summed E-state index contributed by atoms with van der Waals surface area (Å²) in [5, 5.41) is 0. The summed E-state index contributed by atoms with van der Waals surface area (Å²) in [6, 6.07) is 2.59. The summed E-state index contributed by atoms with van der Waals surface area (Å²) in [5.74, 6) is 1.06. The molecule has 0 aliphatic heterocycles. The van der Waals surface area contributed by atoms with E-state index in [-0.39, 0.29) is 0 Å². The number of pyridine rings is 1. The van der Waals surface area contributed by atoms with Gasteiger partial charge in [0.2, 0.25) is 0 Å². The van der Waals surface area contributed by atoms with Gasteiger partial charge in [-0.15, -0.1) is 0 Å². The van der Waals surface area contributed by atoms with Crippen molar-refractivity contribution in [2.45, 2.75) is 43.5 Å². The monoisotopic (exact) mass is 360 g/mol. The van der Waals surface area contributed by atoms with Crippen molar-refractivity contribution in [1.82, 2.24) is 4.98 Å². The second-order valence-corrected chi connectivity index (χ2v) is 6.71. The van der Waals surface area contributed by atoms with Crippen molar-refractivity contribution in [2.75, 3.05) is 11.9 Å². The summed E-state index contributed by atoms with van der Waals surface area (Å²) in [5.41, 5.74) is 1.24. The highest BCUT2D eigenvalue weighted by molar-refractivity contribution is 9.10. The summed E-state index contributed by atoms with van der Waals surface area (Å²) in [7, 11) is 2.15. The average molecular weight is 362 g/mol. The lowest BCUT2D eigenvalue weighted by atomic mass is 9.94. The number of hydrogen-bond donors (Lipinski definition) is 0. The molecule has 2 unspecified atom stereocenters. The quantitative estimate of drug-likeness (QED) is 0.730. The van der Waals surface area contributed by atoms with Gasteiger partial charge in [-0.3, -0.25) is 0 Å². The van der Waals surface area contributed by atoms with Crippen molar-refractivity contribution in [3.05, 3.63) is 22.3 Å². The number of aryl methyl sites for hydroxylation is 1. The van der Waals surface area contributed by atoms with Crippen LogP contribution in [0.2, 0.25) is 0 Å². The molecule has 94 valence electrons. The SMILES string of the molecule is Cc1ccnc(N(C)C2CCCCC2Br)c1Br. The van der Waals surface area contributed by atoms with Crippen molar-refractivity contribution in [2.24, 2.45) is 0 Å². The molecule has 0 N–H and O–H groups in total. The zero-order valence-corrected chi connectivity index (χ0v) is 13.5. The highest BCUT2D eigenvalue weighted by Crippen LogP contribution is 2.33. The Morgan fingerprint density at radius 1 is 1.35 bits per heavy atom. The van der Waals surface area contributed by atoms with Gasteiger partial charge in [0, 0.05) is 24.1 Å². The molecule has 1 aliphatic carbocycles. The van der Waals surface area contributed by atoms with Gasteiger partial charge in [0.05, 0.1) is 4.47 Å². The zero-order valence-electron chi connectivity index (χ0n) is 10.3. The predicted molar refractivity (Wildman–Crippen MR) is 80.0 cm³/mol. The largest absolute Gasteiger partial charge is 0.355 e. The number of nitrogens with zero attached hydrogens (tertiary/aromatic N) is 2. The van der Waals surface area contributed by atoms with Crippen LogP contribution in [0.15, 0.2) is 16.7 Å². The van der Waals surface area contributed by atoms with Gasteiger partial charge in [-0.2, -0.15) is 0 Å². The van der Waals surface area contributed by atoms with Crippen LogP contribution in [0.1, 0.15) is 31.2 Å². The predicted octanol–water partition coefficient (Wildman–Crippen LogP) is 4.29. The fourth-order valence-electron chi connectivity index (χ4n) is 2.43. The average Bonchev–Trinajstić information content (AvgIpc) is 2.32. The van der Waals surface area contributed by atoms with E-state index in [0.717, 1.165) is 10.3 Å². The third-order valence-corrected chi connectivity index (χ3v) is 5.59. The Morgan fingerprint density at radius 2 is 2.06 bits per heavy atom. The lowest BCUT2D eigenvalue weighted by Gasteiger charge is -2.36. The molecule has 0 radical (unpaired) electrons. The van der Waals surface area contributed by atoms with Gasteiger partial charge in [0.15, 0.2) is 0 Å². The summed E-state index contributed by atoms with van der Waals surface area (Å²) in [6.07, 6.45) is 7.05. The molecule has 1 saturated carbocycles. The molecule has 1 heterocycles. The minimum atomic E-state index is 0.550. The minimum Gasteiger partial charge on any atom is -0.355 e. The number of halogens is 2. The molecular formula is C13H18Br2N2. The Morgan fingerprint density at radius 3 is 2.76 bits per heavy atom. The van der Waals surface area contributed by atoms with Crippen molar-refractivity contribution in [3.63, 3.8) is 0 Å². The van der Waals surface area contributed by atoms with E-state index in [1.54, 1.807) is 0 Å². The molecule has 0 saturated heterocycles. The molecule has 1 fully saturated rings. The molecule has 1 aromatic heterocycles. The molecule has 0 spiro atoms. The molecule has 4 heteroatoms. The van der Waals surface area contributed by atoms with Gasteiger partial charge in [-0.1, -0.05) is 28.8 Å². The smallest absolute Gasteiger partial charge is 0.143 e. The fourth-order valence-corrected chi connectivity index (χ4v) is 3.89. The fraction of sp³-hybridized carbons (Fsp3) is 0.615.